The first kappa shape index (κ1) is 14.5. The molecule has 0 aliphatic heterocycles. The summed E-state index contributed by atoms with van der Waals surface area (Å²) in [4.78, 5) is 0. The topological polar surface area (TPSA) is 40.5 Å². The van der Waals surface area contributed by atoms with Crippen LogP contribution in [0.1, 0.15) is 16.7 Å². The number of rotatable bonds is 5. The first-order valence-corrected chi connectivity index (χ1v) is 6.70. The molecule has 0 spiro atoms. The third kappa shape index (κ3) is 2.81. The maximum Gasteiger partial charge on any atom is 0.124 e. The summed E-state index contributed by atoms with van der Waals surface area (Å²) in [5.74, 6) is 0.223. The predicted molar refractivity (Wildman–Crippen MR) is 77.2 cm³/mol. The third-order valence-electron chi connectivity index (χ3n) is 2.49. The fourth-order valence-electron chi connectivity index (χ4n) is 1.65. The molecular weight excluding hydrogens is 348 g/mol. The standard InChI is InChI=1S/C13H14Br2O2/c1-3-5-8-11(14)10(7-16)12(15)9(6-4-2)13(8)17/h3-4,16-17H,1-2,5-7H2. The van der Waals surface area contributed by atoms with E-state index in [4.69, 9.17) is 0 Å². The van der Waals surface area contributed by atoms with Crippen LogP contribution in [0.2, 0.25) is 0 Å². The average Bonchev–Trinajstić information content (AvgIpc) is 2.31. The van der Waals surface area contributed by atoms with Crippen LogP contribution in [0, 0.1) is 0 Å². The fraction of sp³-hybridized carbons (Fsp3) is 0.231. The zero-order chi connectivity index (χ0) is 13.0. The first-order valence-electron chi connectivity index (χ1n) is 5.11. The Labute approximate surface area is 118 Å². The molecule has 4 heteroatoms. The zero-order valence-corrected chi connectivity index (χ0v) is 12.5. The Morgan fingerprint density at radius 1 is 0.941 bits per heavy atom. The van der Waals surface area contributed by atoms with Crippen LogP contribution >= 0.6 is 31.9 Å². The van der Waals surface area contributed by atoms with Crippen LogP contribution in [0.3, 0.4) is 0 Å². The molecule has 1 aromatic carbocycles. The van der Waals surface area contributed by atoms with Gasteiger partial charge in [0, 0.05) is 25.6 Å². The lowest BCUT2D eigenvalue weighted by atomic mass is 10.00. The Balaban J connectivity index is 3.55. The summed E-state index contributed by atoms with van der Waals surface area (Å²) in [6, 6.07) is 0. The van der Waals surface area contributed by atoms with Crippen molar-refractivity contribution < 1.29 is 10.2 Å². The Hall–Kier alpha value is -0.580. The molecule has 0 saturated carbocycles. The van der Waals surface area contributed by atoms with Gasteiger partial charge in [-0.2, -0.15) is 0 Å². The Morgan fingerprint density at radius 2 is 1.35 bits per heavy atom. The van der Waals surface area contributed by atoms with Gasteiger partial charge >= 0.3 is 0 Å². The van der Waals surface area contributed by atoms with Crippen molar-refractivity contribution in [3.63, 3.8) is 0 Å². The van der Waals surface area contributed by atoms with E-state index in [2.05, 4.69) is 45.0 Å². The van der Waals surface area contributed by atoms with Gasteiger partial charge in [0.15, 0.2) is 0 Å². The maximum atomic E-state index is 10.2. The van der Waals surface area contributed by atoms with Crippen LogP contribution in [0.4, 0.5) is 0 Å². The SMILES string of the molecule is C=CCc1c(O)c(CC=C)c(Br)c(CO)c1Br. The molecule has 2 nitrogen and oxygen atoms in total. The molecular formula is C13H14Br2O2. The summed E-state index contributed by atoms with van der Waals surface area (Å²) in [6.45, 7) is 7.23. The van der Waals surface area contributed by atoms with Crippen LogP contribution in [0.5, 0.6) is 5.75 Å². The van der Waals surface area contributed by atoms with Gasteiger partial charge in [0.25, 0.3) is 0 Å². The summed E-state index contributed by atoms with van der Waals surface area (Å²) < 4.78 is 1.44. The van der Waals surface area contributed by atoms with Crippen molar-refractivity contribution >= 4 is 31.9 Å². The van der Waals surface area contributed by atoms with E-state index in [1.165, 1.54) is 0 Å². The highest BCUT2D eigenvalue weighted by atomic mass is 79.9. The van der Waals surface area contributed by atoms with Crippen LogP contribution in [-0.2, 0) is 19.4 Å². The smallest absolute Gasteiger partial charge is 0.124 e. The van der Waals surface area contributed by atoms with Gasteiger partial charge in [0.1, 0.15) is 5.75 Å². The number of benzene rings is 1. The molecule has 92 valence electrons. The molecule has 0 amide bonds. The summed E-state index contributed by atoms with van der Waals surface area (Å²) >= 11 is 6.81. The van der Waals surface area contributed by atoms with Gasteiger partial charge in [-0.1, -0.05) is 12.2 Å². The summed E-state index contributed by atoms with van der Waals surface area (Å²) in [6.07, 6.45) is 4.51. The molecule has 0 saturated heterocycles. The van der Waals surface area contributed by atoms with Crippen molar-refractivity contribution in [2.45, 2.75) is 19.4 Å². The monoisotopic (exact) mass is 360 g/mol. The highest BCUT2D eigenvalue weighted by Gasteiger charge is 2.19. The number of halogens is 2. The second kappa shape index (κ2) is 6.38. The lowest BCUT2D eigenvalue weighted by Crippen LogP contribution is -2.00. The minimum atomic E-state index is -0.101. The quantitative estimate of drug-likeness (QED) is 0.781. The van der Waals surface area contributed by atoms with Gasteiger partial charge in [-0.3, -0.25) is 0 Å². The van der Waals surface area contributed by atoms with Crippen molar-refractivity contribution in [1.29, 1.82) is 0 Å². The fourth-order valence-corrected chi connectivity index (χ4v) is 3.26. The number of hydrogen-bond acceptors (Lipinski definition) is 2. The number of aliphatic hydroxyl groups excluding tert-OH is 1. The van der Waals surface area contributed by atoms with E-state index in [9.17, 15) is 10.2 Å². The van der Waals surface area contributed by atoms with Gasteiger partial charge < -0.3 is 10.2 Å². The normalized spacial score (nSPS) is 10.3. The zero-order valence-electron chi connectivity index (χ0n) is 9.34. The molecule has 1 rings (SSSR count). The van der Waals surface area contributed by atoms with E-state index in [0.29, 0.717) is 12.8 Å². The van der Waals surface area contributed by atoms with Gasteiger partial charge in [0.2, 0.25) is 0 Å². The van der Waals surface area contributed by atoms with E-state index in [1.54, 1.807) is 12.2 Å². The molecule has 0 heterocycles. The Kier molecular flexibility index (Phi) is 5.43. The highest BCUT2D eigenvalue weighted by Crippen LogP contribution is 2.40. The third-order valence-corrected chi connectivity index (χ3v) is 4.40. The van der Waals surface area contributed by atoms with Gasteiger partial charge in [-0.25, -0.2) is 0 Å². The second-order valence-electron chi connectivity index (χ2n) is 3.56. The van der Waals surface area contributed by atoms with E-state index < -0.39 is 0 Å². The Bertz CT molecular complexity index is 416. The lowest BCUT2D eigenvalue weighted by Gasteiger charge is -2.16. The number of aromatic hydroxyl groups is 1. The number of phenols is 1. The van der Waals surface area contributed by atoms with Crippen molar-refractivity contribution in [3.8, 4) is 5.75 Å². The predicted octanol–water partition coefficient (Wildman–Crippen LogP) is 3.87. The minimum Gasteiger partial charge on any atom is -0.507 e. The van der Waals surface area contributed by atoms with Gasteiger partial charge in [-0.05, 0) is 44.7 Å². The van der Waals surface area contributed by atoms with Crippen molar-refractivity contribution in [3.05, 3.63) is 50.9 Å². The minimum absolute atomic E-state index is 0.101. The molecule has 0 radical (unpaired) electrons. The molecule has 1 aromatic rings. The molecule has 2 N–H and O–H groups in total. The number of aliphatic hydroxyl groups is 1. The van der Waals surface area contributed by atoms with Gasteiger partial charge in [0.05, 0.1) is 6.61 Å². The van der Waals surface area contributed by atoms with Gasteiger partial charge in [-0.15, -0.1) is 13.2 Å². The number of allylic oxidation sites excluding steroid dienone is 2. The highest BCUT2D eigenvalue weighted by molar-refractivity contribution is 9.11. The Morgan fingerprint density at radius 3 is 1.65 bits per heavy atom. The van der Waals surface area contributed by atoms with Crippen molar-refractivity contribution in [1.82, 2.24) is 0 Å². The maximum absolute atomic E-state index is 10.2. The number of hydrogen-bond donors (Lipinski definition) is 2. The molecule has 0 atom stereocenters. The molecule has 17 heavy (non-hydrogen) atoms. The first-order chi connectivity index (χ1) is 8.08. The molecule has 0 aliphatic carbocycles. The summed E-state index contributed by atoms with van der Waals surface area (Å²) in [7, 11) is 0. The summed E-state index contributed by atoms with van der Waals surface area (Å²) in [5.41, 5.74) is 2.21. The second-order valence-corrected chi connectivity index (χ2v) is 5.14. The van der Waals surface area contributed by atoms with Crippen LogP contribution in [0.25, 0.3) is 0 Å². The van der Waals surface area contributed by atoms with Crippen LogP contribution < -0.4 is 0 Å². The largest absolute Gasteiger partial charge is 0.507 e. The van der Waals surface area contributed by atoms with E-state index in [1.807, 2.05) is 0 Å². The summed E-state index contributed by atoms with van der Waals surface area (Å²) in [5, 5.41) is 19.6. The van der Waals surface area contributed by atoms with E-state index in [0.717, 1.165) is 25.6 Å². The van der Waals surface area contributed by atoms with Crippen LogP contribution in [0.15, 0.2) is 34.3 Å². The lowest BCUT2D eigenvalue weighted by molar-refractivity contribution is 0.279. The molecule has 0 bridgehead atoms. The average molecular weight is 362 g/mol. The van der Waals surface area contributed by atoms with E-state index >= 15 is 0 Å². The number of phenolic OH excluding ortho intramolecular Hbond substituents is 1. The van der Waals surface area contributed by atoms with Crippen molar-refractivity contribution in [2.24, 2.45) is 0 Å². The van der Waals surface area contributed by atoms with Crippen molar-refractivity contribution in [2.75, 3.05) is 0 Å². The van der Waals surface area contributed by atoms with Crippen LogP contribution in [-0.4, -0.2) is 10.2 Å². The molecule has 0 unspecified atom stereocenters. The van der Waals surface area contributed by atoms with E-state index in [-0.39, 0.29) is 12.4 Å². The molecule has 0 aromatic heterocycles. The molecule has 0 fully saturated rings. The molecule has 0 aliphatic rings.